The van der Waals surface area contributed by atoms with Crippen molar-refractivity contribution in [3.8, 4) is 11.5 Å². The Hall–Kier alpha value is -3.10. The monoisotopic (exact) mass is 542 g/mol. The number of carbonyl (C=O) groups excluding carboxylic acids is 2. The van der Waals surface area contributed by atoms with Gasteiger partial charge in [-0.15, -0.1) is 0 Å². The first-order valence-corrected chi connectivity index (χ1v) is 13.5. The molecule has 1 fully saturated rings. The molecule has 1 saturated heterocycles. The lowest BCUT2D eigenvalue weighted by Crippen LogP contribution is -2.50. The van der Waals surface area contributed by atoms with Gasteiger partial charge in [-0.25, -0.2) is 4.79 Å². The Morgan fingerprint density at radius 3 is 2.62 bits per heavy atom. The van der Waals surface area contributed by atoms with Gasteiger partial charge in [0.2, 0.25) is 0 Å². The Morgan fingerprint density at radius 2 is 1.92 bits per heavy atom. The van der Waals surface area contributed by atoms with Crippen molar-refractivity contribution in [3.05, 3.63) is 74.8 Å². The number of hydrogen-bond donors (Lipinski definition) is 1. The van der Waals surface area contributed by atoms with Gasteiger partial charge in [0.15, 0.2) is 5.50 Å². The number of halogens is 1. The first-order valence-electron chi connectivity index (χ1n) is 12.3. The number of rotatable bonds is 8. The van der Waals surface area contributed by atoms with Gasteiger partial charge in [0.1, 0.15) is 11.5 Å². The highest BCUT2D eigenvalue weighted by Crippen LogP contribution is 2.48. The second kappa shape index (κ2) is 11.5. The molecule has 0 aliphatic carbocycles. The van der Waals surface area contributed by atoms with Crippen LogP contribution < -0.4 is 14.8 Å². The van der Waals surface area contributed by atoms with Crippen LogP contribution in [0.2, 0.25) is 5.02 Å². The first kappa shape index (κ1) is 26.9. The summed E-state index contributed by atoms with van der Waals surface area (Å²) in [7, 11) is 0. The lowest BCUT2D eigenvalue weighted by atomic mass is 9.93. The van der Waals surface area contributed by atoms with E-state index in [1.165, 1.54) is 11.8 Å². The van der Waals surface area contributed by atoms with E-state index in [2.05, 4.69) is 5.32 Å². The minimum Gasteiger partial charge on any atom is -0.493 e. The van der Waals surface area contributed by atoms with Gasteiger partial charge in [0.05, 0.1) is 35.8 Å². The van der Waals surface area contributed by atoms with Crippen LogP contribution in [0.4, 0.5) is 0 Å². The molecule has 2 atom stereocenters. The molecule has 4 rings (SSSR count). The maximum absolute atomic E-state index is 14.0. The standard InChI is InChI=1S/C28H31ClN2O5S/c1-6-34-21-13-12-19(29)14-18(21)15-23-26(32)31-25(20-10-8-9-11-22(20)36-16(3)4)24(27(33)35-7-2)17(5)30-28(31)37-23/h8-16,25,28,30H,6-7H2,1-5H3/b23-15-/t25-,28+/m1/s1. The maximum atomic E-state index is 14.0. The Bertz CT molecular complexity index is 1260. The van der Waals surface area contributed by atoms with Crippen molar-refractivity contribution in [2.24, 2.45) is 0 Å². The molecule has 2 aliphatic heterocycles. The van der Waals surface area contributed by atoms with Crippen LogP contribution in [0, 0.1) is 0 Å². The number of carbonyl (C=O) groups is 2. The maximum Gasteiger partial charge on any atom is 0.338 e. The number of esters is 1. The van der Waals surface area contributed by atoms with Crippen LogP contribution in [0.15, 0.2) is 58.6 Å². The molecular formula is C28H31ClN2O5S. The average Bonchev–Trinajstić information content (AvgIpc) is 3.14. The SMILES string of the molecule is CCOC(=O)C1=C(C)N[C@@H]2S/C(=C\c3cc(Cl)ccc3OCC)C(=O)N2[C@@H]1c1ccccc1OC(C)C. The highest BCUT2D eigenvalue weighted by Gasteiger charge is 2.48. The van der Waals surface area contributed by atoms with Crippen molar-refractivity contribution in [3.63, 3.8) is 0 Å². The van der Waals surface area contributed by atoms with Crippen molar-refractivity contribution in [2.75, 3.05) is 13.2 Å². The van der Waals surface area contributed by atoms with Crippen molar-refractivity contribution in [1.29, 1.82) is 0 Å². The number of allylic oxidation sites excluding steroid dienone is 1. The third kappa shape index (κ3) is 5.60. The summed E-state index contributed by atoms with van der Waals surface area (Å²) in [6.45, 7) is 10.1. The summed E-state index contributed by atoms with van der Waals surface area (Å²) in [5.41, 5.74) is 2.04. The molecule has 9 heteroatoms. The van der Waals surface area contributed by atoms with Gasteiger partial charge >= 0.3 is 5.97 Å². The van der Waals surface area contributed by atoms with Crippen LogP contribution in [0.3, 0.4) is 0 Å². The molecule has 0 spiro atoms. The molecule has 0 saturated carbocycles. The molecule has 196 valence electrons. The summed E-state index contributed by atoms with van der Waals surface area (Å²) in [6, 6.07) is 12.1. The second-order valence-electron chi connectivity index (χ2n) is 8.82. The Labute approximate surface area is 226 Å². The van der Waals surface area contributed by atoms with Crippen LogP contribution in [0.5, 0.6) is 11.5 Å². The number of amides is 1. The normalized spacial score (nSPS) is 20.2. The lowest BCUT2D eigenvalue weighted by Gasteiger charge is -2.39. The van der Waals surface area contributed by atoms with Gasteiger partial charge in [-0.3, -0.25) is 9.69 Å². The molecule has 1 N–H and O–H groups in total. The van der Waals surface area contributed by atoms with Gasteiger partial charge in [-0.2, -0.15) is 0 Å². The number of nitrogens with zero attached hydrogens (tertiary/aromatic N) is 1. The summed E-state index contributed by atoms with van der Waals surface area (Å²) in [4.78, 5) is 29.3. The number of benzene rings is 2. The van der Waals surface area contributed by atoms with Crippen molar-refractivity contribution in [2.45, 2.75) is 52.3 Å². The molecule has 1 amide bonds. The summed E-state index contributed by atoms with van der Waals surface area (Å²) >= 11 is 7.63. The number of ether oxygens (including phenoxy) is 3. The summed E-state index contributed by atoms with van der Waals surface area (Å²) in [5, 5.41) is 3.88. The van der Waals surface area contributed by atoms with Gasteiger partial charge in [-0.1, -0.05) is 41.6 Å². The third-order valence-electron chi connectivity index (χ3n) is 5.86. The Kier molecular flexibility index (Phi) is 8.39. The molecule has 2 aromatic carbocycles. The summed E-state index contributed by atoms with van der Waals surface area (Å²) in [6.07, 6.45) is 1.70. The predicted octanol–water partition coefficient (Wildman–Crippen LogP) is 5.91. The molecule has 7 nitrogen and oxygen atoms in total. The topological polar surface area (TPSA) is 77.1 Å². The van der Waals surface area contributed by atoms with Crippen LogP contribution in [0.1, 0.15) is 51.8 Å². The zero-order chi connectivity index (χ0) is 26.7. The molecule has 2 heterocycles. The zero-order valence-electron chi connectivity index (χ0n) is 21.5. The largest absolute Gasteiger partial charge is 0.493 e. The molecule has 2 aromatic rings. The van der Waals surface area contributed by atoms with E-state index in [0.29, 0.717) is 44.9 Å². The fourth-order valence-corrected chi connectivity index (χ4v) is 5.81. The van der Waals surface area contributed by atoms with Crippen molar-refractivity contribution < 1.29 is 23.8 Å². The van der Waals surface area contributed by atoms with Gasteiger partial charge in [-0.05, 0) is 65.0 Å². The minimum atomic E-state index is -0.697. The first-order chi connectivity index (χ1) is 17.7. The molecule has 2 aliphatic rings. The fourth-order valence-electron chi connectivity index (χ4n) is 4.42. The predicted molar refractivity (Wildman–Crippen MR) is 146 cm³/mol. The summed E-state index contributed by atoms with van der Waals surface area (Å²) < 4.78 is 17.3. The number of fused-ring (bicyclic) bond motifs is 1. The molecule has 37 heavy (non-hydrogen) atoms. The van der Waals surface area contributed by atoms with Crippen LogP contribution >= 0.6 is 23.4 Å². The average molecular weight is 543 g/mol. The third-order valence-corrected chi connectivity index (χ3v) is 7.21. The summed E-state index contributed by atoms with van der Waals surface area (Å²) in [5.74, 6) is 0.559. The van der Waals surface area contributed by atoms with Crippen LogP contribution in [0.25, 0.3) is 6.08 Å². The smallest absolute Gasteiger partial charge is 0.338 e. The van der Waals surface area contributed by atoms with Crippen LogP contribution in [-0.2, 0) is 14.3 Å². The molecule has 0 radical (unpaired) electrons. The van der Waals surface area contributed by atoms with E-state index in [-0.39, 0.29) is 18.6 Å². The number of thioether (sulfide) groups is 1. The minimum absolute atomic E-state index is 0.0892. The number of nitrogens with one attached hydrogen (secondary N) is 1. The van der Waals surface area contributed by atoms with E-state index < -0.39 is 17.5 Å². The molecule has 0 unspecified atom stereocenters. The zero-order valence-corrected chi connectivity index (χ0v) is 23.1. The lowest BCUT2D eigenvalue weighted by molar-refractivity contribution is -0.140. The Balaban J connectivity index is 1.83. The van der Waals surface area contributed by atoms with Crippen molar-refractivity contribution in [1.82, 2.24) is 10.2 Å². The molecule has 0 aromatic heterocycles. The van der Waals surface area contributed by atoms with E-state index in [1.807, 2.05) is 52.0 Å². The van der Waals surface area contributed by atoms with Gasteiger partial charge in [0.25, 0.3) is 5.91 Å². The number of para-hydroxylation sites is 1. The molecular weight excluding hydrogens is 512 g/mol. The van der Waals surface area contributed by atoms with Crippen LogP contribution in [-0.4, -0.2) is 41.6 Å². The van der Waals surface area contributed by atoms with E-state index in [9.17, 15) is 9.59 Å². The van der Waals surface area contributed by atoms with E-state index in [4.69, 9.17) is 25.8 Å². The Morgan fingerprint density at radius 1 is 1.16 bits per heavy atom. The highest BCUT2D eigenvalue weighted by atomic mass is 35.5. The van der Waals surface area contributed by atoms with Gasteiger partial charge < -0.3 is 19.5 Å². The fraction of sp³-hybridized carbons (Fsp3) is 0.357. The number of hydrogen-bond acceptors (Lipinski definition) is 7. The molecule has 0 bridgehead atoms. The van der Waals surface area contributed by atoms with E-state index in [1.54, 1.807) is 36.1 Å². The quantitative estimate of drug-likeness (QED) is 0.328. The van der Waals surface area contributed by atoms with Crippen molar-refractivity contribution >= 4 is 41.3 Å². The highest BCUT2D eigenvalue weighted by molar-refractivity contribution is 8.05. The van der Waals surface area contributed by atoms with E-state index in [0.717, 1.165) is 5.56 Å². The van der Waals surface area contributed by atoms with Gasteiger partial charge in [0, 0.05) is 21.8 Å². The second-order valence-corrected chi connectivity index (χ2v) is 10.4. The van der Waals surface area contributed by atoms with E-state index >= 15 is 0 Å².